The third-order valence-electron chi connectivity index (χ3n) is 3.90. The molecular formula is C11H23N3O4S2. The van der Waals surface area contributed by atoms with Crippen molar-refractivity contribution in [2.75, 3.05) is 57.0 Å². The summed E-state index contributed by atoms with van der Waals surface area (Å²) in [5, 5.41) is 3.24. The van der Waals surface area contributed by atoms with Crippen LogP contribution in [0.15, 0.2) is 0 Å². The van der Waals surface area contributed by atoms with Gasteiger partial charge in [0.1, 0.15) is 0 Å². The maximum absolute atomic E-state index is 11.5. The number of piperazine rings is 1. The summed E-state index contributed by atoms with van der Waals surface area (Å²) in [6.07, 6.45) is 2.03. The van der Waals surface area contributed by atoms with Gasteiger partial charge in [-0.15, -0.1) is 0 Å². The Bertz CT molecular complexity index is 524. The number of sulfone groups is 1. The molecule has 1 unspecified atom stereocenters. The van der Waals surface area contributed by atoms with E-state index in [1.54, 1.807) is 0 Å². The molecule has 0 saturated carbocycles. The highest BCUT2D eigenvalue weighted by molar-refractivity contribution is 7.91. The summed E-state index contributed by atoms with van der Waals surface area (Å²) < 4.78 is 47.4. The van der Waals surface area contributed by atoms with Crippen molar-refractivity contribution in [3.8, 4) is 0 Å². The molecule has 20 heavy (non-hydrogen) atoms. The van der Waals surface area contributed by atoms with Crippen LogP contribution >= 0.6 is 0 Å². The highest BCUT2D eigenvalue weighted by Gasteiger charge is 2.26. The Balaban J connectivity index is 1.74. The van der Waals surface area contributed by atoms with Crippen molar-refractivity contribution in [2.24, 2.45) is 0 Å². The summed E-state index contributed by atoms with van der Waals surface area (Å²) in [4.78, 5) is 2.20. The van der Waals surface area contributed by atoms with Gasteiger partial charge in [0.25, 0.3) is 0 Å². The van der Waals surface area contributed by atoms with E-state index in [1.165, 1.54) is 10.6 Å². The van der Waals surface area contributed by atoms with Crippen molar-refractivity contribution >= 4 is 19.9 Å². The number of hydrogen-bond donors (Lipinski definition) is 1. The van der Waals surface area contributed by atoms with E-state index in [2.05, 4.69) is 10.2 Å². The zero-order chi connectivity index (χ0) is 14.8. The molecule has 1 N–H and O–H groups in total. The van der Waals surface area contributed by atoms with Crippen LogP contribution in [-0.4, -0.2) is 89.1 Å². The molecular weight excluding hydrogens is 302 g/mol. The van der Waals surface area contributed by atoms with E-state index in [0.29, 0.717) is 32.7 Å². The van der Waals surface area contributed by atoms with Gasteiger partial charge in [-0.2, -0.15) is 4.31 Å². The highest BCUT2D eigenvalue weighted by atomic mass is 32.2. The lowest BCUT2D eigenvalue weighted by atomic mass is 10.2. The van der Waals surface area contributed by atoms with Gasteiger partial charge in [0.15, 0.2) is 9.84 Å². The maximum atomic E-state index is 11.5. The molecule has 0 aromatic heterocycles. The first-order valence-corrected chi connectivity index (χ1v) is 10.5. The van der Waals surface area contributed by atoms with E-state index < -0.39 is 19.9 Å². The van der Waals surface area contributed by atoms with Crippen LogP contribution in [0.4, 0.5) is 0 Å². The van der Waals surface area contributed by atoms with Gasteiger partial charge in [0, 0.05) is 38.8 Å². The molecule has 2 aliphatic heterocycles. The average molecular weight is 325 g/mol. The molecule has 2 heterocycles. The van der Waals surface area contributed by atoms with Crippen LogP contribution < -0.4 is 5.32 Å². The Kier molecular flexibility index (Phi) is 5.06. The third-order valence-corrected chi connectivity index (χ3v) is 6.93. The Morgan fingerprint density at radius 2 is 1.85 bits per heavy atom. The van der Waals surface area contributed by atoms with E-state index in [-0.39, 0.29) is 17.5 Å². The topological polar surface area (TPSA) is 86.8 Å². The highest BCUT2D eigenvalue weighted by Crippen LogP contribution is 2.09. The van der Waals surface area contributed by atoms with Crippen LogP contribution in [0.2, 0.25) is 0 Å². The first kappa shape index (κ1) is 16.2. The minimum atomic E-state index is -3.09. The second-order valence-corrected chi connectivity index (χ2v) is 9.77. The van der Waals surface area contributed by atoms with Crippen LogP contribution in [0, 0.1) is 0 Å². The second-order valence-electron chi connectivity index (χ2n) is 5.56. The Labute approximate surface area is 121 Å². The minimum Gasteiger partial charge on any atom is -0.312 e. The standard InChI is InChI=1S/C11H23N3O4S2/c1-19(15,16)14-7-5-13(6-8-14)4-2-11-10-20(17,18)9-3-12-11/h11-12H,2-10H2,1H3. The van der Waals surface area contributed by atoms with Crippen molar-refractivity contribution in [2.45, 2.75) is 12.5 Å². The Hall–Kier alpha value is -0.220. The zero-order valence-electron chi connectivity index (χ0n) is 11.8. The Morgan fingerprint density at radius 3 is 2.40 bits per heavy atom. The van der Waals surface area contributed by atoms with Crippen LogP contribution in [0.25, 0.3) is 0 Å². The summed E-state index contributed by atoms with van der Waals surface area (Å²) >= 11 is 0. The summed E-state index contributed by atoms with van der Waals surface area (Å²) in [6.45, 7) is 3.82. The molecule has 0 aliphatic carbocycles. The maximum Gasteiger partial charge on any atom is 0.211 e. The van der Waals surface area contributed by atoms with Crippen LogP contribution in [0.1, 0.15) is 6.42 Å². The fraction of sp³-hybridized carbons (Fsp3) is 1.00. The van der Waals surface area contributed by atoms with E-state index in [4.69, 9.17) is 0 Å². The largest absolute Gasteiger partial charge is 0.312 e. The molecule has 2 saturated heterocycles. The molecule has 0 amide bonds. The van der Waals surface area contributed by atoms with Crippen molar-refractivity contribution in [3.63, 3.8) is 0 Å². The summed E-state index contributed by atoms with van der Waals surface area (Å²) in [5.41, 5.74) is 0. The monoisotopic (exact) mass is 325 g/mol. The summed E-state index contributed by atoms with van der Waals surface area (Å²) in [7, 11) is -5.97. The van der Waals surface area contributed by atoms with Crippen molar-refractivity contribution < 1.29 is 16.8 Å². The molecule has 0 bridgehead atoms. The predicted molar refractivity (Wildman–Crippen MR) is 77.9 cm³/mol. The third kappa shape index (κ3) is 4.66. The Morgan fingerprint density at radius 1 is 1.20 bits per heavy atom. The smallest absolute Gasteiger partial charge is 0.211 e. The number of rotatable bonds is 4. The molecule has 7 nitrogen and oxygen atoms in total. The molecule has 2 fully saturated rings. The minimum absolute atomic E-state index is 0.0293. The van der Waals surface area contributed by atoms with Gasteiger partial charge in [0.05, 0.1) is 17.8 Å². The lowest BCUT2D eigenvalue weighted by Crippen LogP contribution is -2.50. The van der Waals surface area contributed by atoms with Crippen molar-refractivity contribution in [1.29, 1.82) is 0 Å². The molecule has 0 aromatic carbocycles. The SMILES string of the molecule is CS(=O)(=O)N1CCN(CCC2CS(=O)(=O)CCN2)CC1. The molecule has 1 atom stereocenters. The molecule has 2 aliphatic rings. The lowest BCUT2D eigenvalue weighted by Gasteiger charge is -2.34. The first-order chi connectivity index (χ1) is 9.26. The van der Waals surface area contributed by atoms with Gasteiger partial charge in [-0.25, -0.2) is 16.8 Å². The molecule has 0 spiro atoms. The van der Waals surface area contributed by atoms with Crippen molar-refractivity contribution in [1.82, 2.24) is 14.5 Å². The van der Waals surface area contributed by atoms with Crippen LogP contribution in [0.3, 0.4) is 0 Å². The van der Waals surface area contributed by atoms with Crippen LogP contribution in [-0.2, 0) is 19.9 Å². The van der Waals surface area contributed by atoms with Crippen LogP contribution in [0.5, 0.6) is 0 Å². The average Bonchev–Trinajstić information content (AvgIpc) is 2.35. The normalized spacial score (nSPS) is 29.4. The van der Waals surface area contributed by atoms with Gasteiger partial charge in [0.2, 0.25) is 10.0 Å². The number of hydrogen-bond acceptors (Lipinski definition) is 6. The van der Waals surface area contributed by atoms with E-state index in [9.17, 15) is 16.8 Å². The van der Waals surface area contributed by atoms with Gasteiger partial charge >= 0.3 is 0 Å². The van der Waals surface area contributed by atoms with Gasteiger partial charge in [-0.1, -0.05) is 0 Å². The zero-order valence-corrected chi connectivity index (χ0v) is 13.4. The predicted octanol–water partition coefficient (Wildman–Crippen LogP) is -1.66. The summed E-state index contributed by atoms with van der Waals surface area (Å²) in [5.74, 6) is 0.451. The molecule has 2 rings (SSSR count). The number of nitrogens with zero attached hydrogens (tertiary/aromatic N) is 2. The number of nitrogens with one attached hydrogen (secondary N) is 1. The fourth-order valence-corrected chi connectivity index (χ4v) is 5.00. The van der Waals surface area contributed by atoms with Crippen molar-refractivity contribution in [3.05, 3.63) is 0 Å². The molecule has 118 valence electrons. The first-order valence-electron chi connectivity index (χ1n) is 6.87. The van der Waals surface area contributed by atoms with Gasteiger partial charge in [-0.05, 0) is 13.0 Å². The fourth-order valence-electron chi connectivity index (χ4n) is 2.68. The van der Waals surface area contributed by atoms with E-state index in [1.807, 2.05) is 0 Å². The van der Waals surface area contributed by atoms with E-state index in [0.717, 1.165) is 13.0 Å². The molecule has 0 radical (unpaired) electrons. The molecule has 9 heteroatoms. The quantitative estimate of drug-likeness (QED) is 0.666. The molecule has 0 aromatic rings. The van der Waals surface area contributed by atoms with Gasteiger partial charge < -0.3 is 10.2 Å². The number of sulfonamides is 1. The van der Waals surface area contributed by atoms with E-state index >= 15 is 0 Å². The van der Waals surface area contributed by atoms with Gasteiger partial charge in [-0.3, -0.25) is 0 Å². The second kappa shape index (κ2) is 6.27. The lowest BCUT2D eigenvalue weighted by molar-refractivity contribution is 0.182. The summed E-state index contributed by atoms with van der Waals surface area (Å²) in [6, 6.07) is 0.0293.